The van der Waals surface area contributed by atoms with Crippen molar-refractivity contribution < 1.29 is 28.5 Å². The Morgan fingerprint density at radius 3 is 2.03 bits per heavy atom. The monoisotopic (exact) mass is 525 g/mol. The molecule has 0 saturated carbocycles. The Labute approximate surface area is 214 Å². The molecule has 0 aliphatic rings. The number of ketones is 1. The van der Waals surface area contributed by atoms with E-state index in [0.29, 0.717) is 37.9 Å². The van der Waals surface area contributed by atoms with Crippen LogP contribution < -0.4 is 24.3 Å². The number of halogens is 2. The van der Waals surface area contributed by atoms with Crippen LogP contribution in [0.4, 0.5) is 11.4 Å². The first-order valence-corrected chi connectivity index (χ1v) is 11.9. The van der Waals surface area contributed by atoms with E-state index in [2.05, 4.69) is 15.5 Å². The van der Waals surface area contributed by atoms with Crippen LogP contribution in [-0.2, 0) is 9.59 Å². The molecule has 0 saturated heterocycles. The number of carbonyl (C=O) groups excluding carboxylic acids is 2. The standard InChI is InChI=1S/C24H29Cl2N3O6/c1-6-32-17-13-11-16(23(19(17)26)35-9-4)28-29-20(14(5)30)24(31)27-21-18(33-7-2)12-10-15(25)22(21)34-8-3/h10-13,20H,6-9H2,1-5H3,(H,27,31). The van der Waals surface area contributed by atoms with Crippen molar-refractivity contribution in [3.05, 3.63) is 34.3 Å². The fraction of sp³-hybridized carbons (Fsp3) is 0.417. The third-order valence-corrected chi connectivity index (χ3v) is 5.11. The SMILES string of the molecule is CCOc1ccc(N=NC(C(C)=O)C(=O)Nc2c(OCC)ccc(Cl)c2OCC)c(OCC)c1Cl. The molecule has 9 nitrogen and oxygen atoms in total. The molecule has 0 bridgehead atoms. The summed E-state index contributed by atoms with van der Waals surface area (Å²) in [5, 5.41) is 11.2. The molecule has 0 heterocycles. The number of hydrogen-bond acceptors (Lipinski definition) is 8. The van der Waals surface area contributed by atoms with Crippen molar-refractivity contribution in [3.8, 4) is 23.0 Å². The van der Waals surface area contributed by atoms with Crippen molar-refractivity contribution in [1.29, 1.82) is 0 Å². The maximum atomic E-state index is 13.1. The van der Waals surface area contributed by atoms with Gasteiger partial charge in [0.1, 0.15) is 27.9 Å². The van der Waals surface area contributed by atoms with Gasteiger partial charge in [0.15, 0.2) is 17.3 Å². The van der Waals surface area contributed by atoms with Crippen molar-refractivity contribution >= 4 is 46.3 Å². The van der Waals surface area contributed by atoms with E-state index < -0.39 is 17.7 Å². The Morgan fingerprint density at radius 2 is 1.43 bits per heavy atom. The normalized spacial score (nSPS) is 11.7. The van der Waals surface area contributed by atoms with Crippen LogP contribution in [0.25, 0.3) is 0 Å². The highest BCUT2D eigenvalue weighted by molar-refractivity contribution is 6.34. The second-order valence-corrected chi connectivity index (χ2v) is 7.71. The molecular weight excluding hydrogens is 497 g/mol. The van der Waals surface area contributed by atoms with Crippen LogP contribution in [0, 0.1) is 0 Å². The molecule has 11 heteroatoms. The minimum Gasteiger partial charge on any atom is -0.492 e. The van der Waals surface area contributed by atoms with Gasteiger partial charge in [-0.15, -0.1) is 0 Å². The number of azo groups is 1. The summed E-state index contributed by atoms with van der Waals surface area (Å²) in [6.45, 7) is 9.78. The highest BCUT2D eigenvalue weighted by Gasteiger charge is 2.27. The van der Waals surface area contributed by atoms with Gasteiger partial charge < -0.3 is 24.3 Å². The number of ether oxygens (including phenoxy) is 4. The van der Waals surface area contributed by atoms with E-state index in [-0.39, 0.29) is 32.9 Å². The van der Waals surface area contributed by atoms with E-state index in [1.54, 1.807) is 45.0 Å². The predicted molar refractivity (Wildman–Crippen MR) is 135 cm³/mol. The molecule has 1 atom stereocenters. The smallest absolute Gasteiger partial charge is 0.259 e. The van der Waals surface area contributed by atoms with E-state index in [4.69, 9.17) is 42.1 Å². The molecule has 2 rings (SSSR count). The summed E-state index contributed by atoms with van der Waals surface area (Å²) < 4.78 is 22.3. The van der Waals surface area contributed by atoms with Crippen molar-refractivity contribution in [1.82, 2.24) is 0 Å². The number of hydrogen-bond donors (Lipinski definition) is 1. The molecule has 0 spiro atoms. The number of anilines is 1. The fourth-order valence-electron chi connectivity index (χ4n) is 3.00. The molecule has 0 radical (unpaired) electrons. The summed E-state index contributed by atoms with van der Waals surface area (Å²) in [7, 11) is 0. The van der Waals surface area contributed by atoms with Crippen LogP contribution in [0.15, 0.2) is 34.5 Å². The lowest BCUT2D eigenvalue weighted by molar-refractivity contribution is -0.126. The minimum atomic E-state index is -1.46. The number of Topliss-reactive ketones (excluding diaryl/α,β-unsaturated/α-hetero) is 1. The molecule has 0 fully saturated rings. The number of amides is 1. The summed E-state index contributed by atoms with van der Waals surface area (Å²) in [6.07, 6.45) is 0. The lowest BCUT2D eigenvalue weighted by Crippen LogP contribution is -2.32. The van der Waals surface area contributed by atoms with Gasteiger partial charge in [-0.2, -0.15) is 10.2 Å². The summed E-state index contributed by atoms with van der Waals surface area (Å²) in [5.74, 6) is -0.0434. The molecule has 0 aliphatic carbocycles. The van der Waals surface area contributed by atoms with E-state index in [1.165, 1.54) is 6.92 Å². The van der Waals surface area contributed by atoms with Gasteiger partial charge in [-0.1, -0.05) is 23.2 Å². The Hall–Kier alpha value is -3.04. The van der Waals surface area contributed by atoms with E-state index in [0.717, 1.165) is 0 Å². The summed E-state index contributed by atoms with van der Waals surface area (Å²) in [4.78, 5) is 25.4. The van der Waals surface area contributed by atoms with Crippen LogP contribution in [0.1, 0.15) is 34.6 Å². The Morgan fingerprint density at radius 1 is 0.857 bits per heavy atom. The Kier molecular flexibility index (Phi) is 11.1. The molecule has 35 heavy (non-hydrogen) atoms. The fourth-order valence-corrected chi connectivity index (χ4v) is 3.48. The first kappa shape index (κ1) is 28.2. The molecule has 2 aromatic rings. The first-order valence-electron chi connectivity index (χ1n) is 11.2. The topological polar surface area (TPSA) is 108 Å². The molecular formula is C24H29Cl2N3O6. The lowest BCUT2D eigenvalue weighted by atomic mass is 10.2. The highest BCUT2D eigenvalue weighted by Crippen LogP contribution is 2.43. The summed E-state index contributed by atoms with van der Waals surface area (Å²) in [6, 6.07) is 4.93. The molecule has 0 aliphatic heterocycles. The lowest BCUT2D eigenvalue weighted by Gasteiger charge is -2.18. The third kappa shape index (κ3) is 7.22. The first-order chi connectivity index (χ1) is 16.8. The maximum Gasteiger partial charge on any atom is 0.259 e. The number of benzene rings is 2. The van der Waals surface area contributed by atoms with Gasteiger partial charge in [0.2, 0.25) is 6.04 Å². The second-order valence-electron chi connectivity index (χ2n) is 6.93. The van der Waals surface area contributed by atoms with Gasteiger partial charge in [-0.05, 0) is 58.9 Å². The maximum absolute atomic E-state index is 13.1. The zero-order valence-electron chi connectivity index (χ0n) is 20.3. The average Bonchev–Trinajstić information content (AvgIpc) is 2.81. The molecule has 1 N–H and O–H groups in total. The summed E-state index contributed by atoms with van der Waals surface area (Å²) >= 11 is 12.7. The minimum absolute atomic E-state index is 0.201. The highest BCUT2D eigenvalue weighted by atomic mass is 35.5. The number of nitrogens with zero attached hydrogens (tertiary/aromatic N) is 2. The van der Waals surface area contributed by atoms with Crippen LogP contribution >= 0.6 is 23.2 Å². The van der Waals surface area contributed by atoms with Gasteiger partial charge >= 0.3 is 0 Å². The average molecular weight is 526 g/mol. The van der Waals surface area contributed by atoms with Gasteiger partial charge in [-0.25, -0.2) is 0 Å². The molecule has 1 amide bonds. The number of rotatable bonds is 13. The van der Waals surface area contributed by atoms with Crippen LogP contribution in [0.2, 0.25) is 10.0 Å². The van der Waals surface area contributed by atoms with Crippen molar-refractivity contribution in [2.45, 2.75) is 40.7 Å². The number of carbonyl (C=O) groups is 2. The van der Waals surface area contributed by atoms with Crippen LogP contribution in [0.5, 0.6) is 23.0 Å². The zero-order chi connectivity index (χ0) is 26.0. The predicted octanol–water partition coefficient (Wildman–Crippen LogP) is 6.27. The van der Waals surface area contributed by atoms with E-state index in [1.807, 2.05) is 6.92 Å². The van der Waals surface area contributed by atoms with Crippen LogP contribution in [-0.4, -0.2) is 44.2 Å². The van der Waals surface area contributed by atoms with Crippen LogP contribution in [0.3, 0.4) is 0 Å². The van der Waals surface area contributed by atoms with Gasteiger partial charge in [0.25, 0.3) is 5.91 Å². The zero-order valence-corrected chi connectivity index (χ0v) is 21.8. The molecule has 190 valence electrons. The van der Waals surface area contributed by atoms with Gasteiger partial charge in [-0.3, -0.25) is 9.59 Å². The number of nitrogens with one attached hydrogen (secondary N) is 1. The molecule has 2 aromatic carbocycles. The Bertz CT molecular complexity index is 1080. The van der Waals surface area contributed by atoms with Gasteiger partial charge in [0.05, 0.1) is 31.5 Å². The van der Waals surface area contributed by atoms with Crippen molar-refractivity contribution in [2.24, 2.45) is 10.2 Å². The van der Waals surface area contributed by atoms with Gasteiger partial charge in [0, 0.05) is 0 Å². The molecule has 1 unspecified atom stereocenters. The Balaban J connectivity index is 2.42. The van der Waals surface area contributed by atoms with Crippen molar-refractivity contribution in [2.75, 3.05) is 31.7 Å². The second kappa shape index (κ2) is 13.7. The largest absolute Gasteiger partial charge is 0.492 e. The third-order valence-electron chi connectivity index (χ3n) is 4.45. The van der Waals surface area contributed by atoms with E-state index in [9.17, 15) is 9.59 Å². The summed E-state index contributed by atoms with van der Waals surface area (Å²) in [5.41, 5.74) is 0.443. The van der Waals surface area contributed by atoms with E-state index >= 15 is 0 Å². The molecule has 0 aromatic heterocycles. The quantitative estimate of drug-likeness (QED) is 0.244. The van der Waals surface area contributed by atoms with Crippen molar-refractivity contribution in [3.63, 3.8) is 0 Å².